The highest BCUT2D eigenvalue weighted by Crippen LogP contribution is 2.23. The molecule has 0 aromatic heterocycles. The molecule has 1 rings (SSSR count). The van der Waals surface area contributed by atoms with Crippen molar-refractivity contribution in [3.05, 3.63) is 12.2 Å². The number of aliphatic hydroxyl groups is 2. The average Bonchev–Trinajstić information content (AvgIpc) is 2.03. The molecule has 0 fully saturated rings. The highest BCUT2D eigenvalue weighted by molar-refractivity contribution is 5.02. The summed E-state index contributed by atoms with van der Waals surface area (Å²) in [6.07, 6.45) is 6.85. The van der Waals surface area contributed by atoms with Gasteiger partial charge < -0.3 is 10.2 Å². The fraction of sp³-hybridized carbons (Fsp3) is 0.800. The summed E-state index contributed by atoms with van der Waals surface area (Å²) in [5.74, 6) is 0.272. The zero-order chi connectivity index (χ0) is 8.97. The maximum Gasteiger partial charge on any atom is 0.0745 e. The Morgan fingerprint density at radius 1 is 1.33 bits per heavy atom. The van der Waals surface area contributed by atoms with Crippen molar-refractivity contribution in [3.8, 4) is 0 Å². The summed E-state index contributed by atoms with van der Waals surface area (Å²) in [5, 5.41) is 18.7. The van der Waals surface area contributed by atoms with Gasteiger partial charge in [-0.1, -0.05) is 31.9 Å². The van der Waals surface area contributed by atoms with Gasteiger partial charge in [0.1, 0.15) is 0 Å². The minimum atomic E-state index is -0.433. The molecule has 0 heterocycles. The van der Waals surface area contributed by atoms with Gasteiger partial charge in [-0.15, -0.1) is 0 Å². The van der Waals surface area contributed by atoms with Crippen molar-refractivity contribution in [2.24, 2.45) is 5.92 Å². The van der Waals surface area contributed by atoms with E-state index < -0.39 is 6.10 Å². The standard InChI is InChI=1S/C10H18O2/c1-2-3-4-8-5-6-9(11)7-10(8)12/h5-6,8-12H,2-4,7H2,1H3/t8-,9-,10+/m0/s1. The predicted molar refractivity (Wildman–Crippen MR) is 48.8 cm³/mol. The van der Waals surface area contributed by atoms with E-state index in [1.165, 1.54) is 6.42 Å². The fourth-order valence-corrected chi connectivity index (χ4v) is 1.63. The van der Waals surface area contributed by atoms with E-state index in [1.807, 2.05) is 6.08 Å². The maximum atomic E-state index is 9.55. The molecule has 2 N–H and O–H groups in total. The van der Waals surface area contributed by atoms with Gasteiger partial charge in [-0.3, -0.25) is 0 Å². The van der Waals surface area contributed by atoms with Gasteiger partial charge in [0.25, 0.3) is 0 Å². The summed E-state index contributed by atoms with van der Waals surface area (Å²) in [6.45, 7) is 2.15. The third-order valence-corrected chi connectivity index (χ3v) is 2.45. The molecule has 0 radical (unpaired) electrons. The topological polar surface area (TPSA) is 40.5 Å². The van der Waals surface area contributed by atoms with Crippen LogP contribution in [0.4, 0.5) is 0 Å². The van der Waals surface area contributed by atoms with Gasteiger partial charge in [0.15, 0.2) is 0 Å². The Hall–Kier alpha value is -0.340. The van der Waals surface area contributed by atoms with E-state index in [-0.39, 0.29) is 12.0 Å². The molecule has 2 nitrogen and oxygen atoms in total. The summed E-state index contributed by atoms with van der Waals surface area (Å²) in [5.41, 5.74) is 0. The van der Waals surface area contributed by atoms with Crippen molar-refractivity contribution in [2.45, 2.75) is 44.8 Å². The van der Waals surface area contributed by atoms with Crippen LogP contribution < -0.4 is 0 Å². The molecular formula is C10H18O2. The van der Waals surface area contributed by atoms with Crippen molar-refractivity contribution < 1.29 is 10.2 Å². The second kappa shape index (κ2) is 4.63. The van der Waals surface area contributed by atoms with E-state index in [4.69, 9.17) is 0 Å². The first-order valence-corrected chi connectivity index (χ1v) is 4.78. The van der Waals surface area contributed by atoms with Crippen LogP contribution in [0.3, 0.4) is 0 Å². The molecular weight excluding hydrogens is 152 g/mol. The molecule has 3 atom stereocenters. The number of hydrogen-bond donors (Lipinski definition) is 2. The van der Waals surface area contributed by atoms with Gasteiger partial charge in [0, 0.05) is 12.3 Å². The lowest BCUT2D eigenvalue weighted by Crippen LogP contribution is -2.27. The van der Waals surface area contributed by atoms with Crippen molar-refractivity contribution in [1.82, 2.24) is 0 Å². The van der Waals surface area contributed by atoms with Gasteiger partial charge in [-0.2, -0.15) is 0 Å². The van der Waals surface area contributed by atoms with Crippen molar-refractivity contribution >= 4 is 0 Å². The van der Waals surface area contributed by atoms with E-state index in [0.29, 0.717) is 6.42 Å². The fourth-order valence-electron chi connectivity index (χ4n) is 1.63. The van der Waals surface area contributed by atoms with Crippen LogP contribution in [0, 0.1) is 5.92 Å². The quantitative estimate of drug-likeness (QED) is 0.630. The van der Waals surface area contributed by atoms with E-state index in [1.54, 1.807) is 6.08 Å². The minimum absolute atomic E-state index is 0.272. The zero-order valence-electron chi connectivity index (χ0n) is 7.61. The minimum Gasteiger partial charge on any atom is -0.392 e. The second-order valence-electron chi connectivity index (χ2n) is 3.56. The average molecular weight is 170 g/mol. The molecule has 0 bridgehead atoms. The predicted octanol–water partition coefficient (Wildman–Crippen LogP) is 1.47. The van der Waals surface area contributed by atoms with Crippen LogP contribution in [0.25, 0.3) is 0 Å². The molecule has 0 unspecified atom stereocenters. The van der Waals surface area contributed by atoms with Gasteiger partial charge in [-0.25, -0.2) is 0 Å². The maximum absolute atomic E-state index is 9.55. The molecule has 1 aliphatic rings. The molecule has 12 heavy (non-hydrogen) atoms. The highest BCUT2D eigenvalue weighted by atomic mass is 16.3. The summed E-state index contributed by atoms with van der Waals surface area (Å²) in [7, 11) is 0. The van der Waals surface area contributed by atoms with E-state index in [0.717, 1.165) is 12.8 Å². The van der Waals surface area contributed by atoms with Crippen LogP contribution in [0.1, 0.15) is 32.6 Å². The van der Waals surface area contributed by atoms with Gasteiger partial charge in [0.05, 0.1) is 12.2 Å². The number of unbranched alkanes of at least 4 members (excludes halogenated alkanes) is 1. The summed E-state index contributed by atoms with van der Waals surface area (Å²) >= 11 is 0. The van der Waals surface area contributed by atoms with Crippen LogP contribution in [0.15, 0.2) is 12.2 Å². The Morgan fingerprint density at radius 2 is 2.08 bits per heavy atom. The monoisotopic (exact) mass is 170 g/mol. The Morgan fingerprint density at radius 3 is 2.67 bits per heavy atom. The molecule has 0 saturated carbocycles. The molecule has 0 spiro atoms. The van der Waals surface area contributed by atoms with Crippen molar-refractivity contribution in [3.63, 3.8) is 0 Å². The van der Waals surface area contributed by atoms with Gasteiger partial charge in [0.2, 0.25) is 0 Å². The lowest BCUT2D eigenvalue weighted by molar-refractivity contribution is 0.0606. The molecule has 0 amide bonds. The Labute approximate surface area is 73.9 Å². The lowest BCUT2D eigenvalue weighted by Gasteiger charge is -2.25. The number of hydrogen-bond acceptors (Lipinski definition) is 2. The normalized spacial score (nSPS) is 35.4. The SMILES string of the molecule is CCCC[C@H]1C=C[C@H](O)C[C@H]1O. The second-order valence-corrected chi connectivity index (χ2v) is 3.56. The molecule has 0 aromatic rings. The zero-order valence-corrected chi connectivity index (χ0v) is 7.61. The van der Waals surface area contributed by atoms with Crippen molar-refractivity contribution in [2.75, 3.05) is 0 Å². The molecule has 0 saturated heterocycles. The first kappa shape index (κ1) is 9.75. The van der Waals surface area contributed by atoms with Gasteiger partial charge in [-0.05, 0) is 6.42 Å². The van der Waals surface area contributed by atoms with Crippen LogP contribution in [0.5, 0.6) is 0 Å². The van der Waals surface area contributed by atoms with E-state index >= 15 is 0 Å². The number of rotatable bonds is 3. The Balaban J connectivity index is 2.37. The van der Waals surface area contributed by atoms with Crippen LogP contribution in [0.2, 0.25) is 0 Å². The van der Waals surface area contributed by atoms with Gasteiger partial charge >= 0.3 is 0 Å². The summed E-state index contributed by atoms with van der Waals surface area (Å²) in [4.78, 5) is 0. The summed E-state index contributed by atoms with van der Waals surface area (Å²) in [6, 6.07) is 0. The smallest absolute Gasteiger partial charge is 0.0745 e. The molecule has 1 aliphatic carbocycles. The molecule has 0 aliphatic heterocycles. The number of aliphatic hydroxyl groups excluding tert-OH is 2. The van der Waals surface area contributed by atoms with Crippen LogP contribution >= 0.6 is 0 Å². The summed E-state index contributed by atoms with van der Waals surface area (Å²) < 4.78 is 0. The third kappa shape index (κ3) is 2.61. The molecule has 70 valence electrons. The molecule has 0 aromatic carbocycles. The first-order chi connectivity index (χ1) is 5.74. The first-order valence-electron chi connectivity index (χ1n) is 4.78. The van der Waals surface area contributed by atoms with Crippen LogP contribution in [-0.4, -0.2) is 22.4 Å². The van der Waals surface area contributed by atoms with E-state index in [2.05, 4.69) is 6.92 Å². The molecule has 2 heteroatoms. The van der Waals surface area contributed by atoms with Crippen LogP contribution in [-0.2, 0) is 0 Å². The third-order valence-electron chi connectivity index (χ3n) is 2.45. The van der Waals surface area contributed by atoms with E-state index in [9.17, 15) is 10.2 Å². The highest BCUT2D eigenvalue weighted by Gasteiger charge is 2.22. The van der Waals surface area contributed by atoms with Crippen molar-refractivity contribution in [1.29, 1.82) is 0 Å². The lowest BCUT2D eigenvalue weighted by atomic mass is 9.87. The Kier molecular flexibility index (Phi) is 3.76. The largest absolute Gasteiger partial charge is 0.392 e. The Bertz CT molecular complexity index is 154.